The quantitative estimate of drug-likeness (QED) is 0.287. The van der Waals surface area contributed by atoms with Crippen molar-refractivity contribution in [3.8, 4) is 5.75 Å². The van der Waals surface area contributed by atoms with Crippen LogP contribution in [-0.4, -0.2) is 59.2 Å². The van der Waals surface area contributed by atoms with Gasteiger partial charge in [0, 0.05) is 36.2 Å². The van der Waals surface area contributed by atoms with Crippen molar-refractivity contribution in [1.29, 1.82) is 0 Å². The first-order valence-electron chi connectivity index (χ1n) is 12.9. The molecule has 3 aromatic rings. The molecule has 0 aliphatic carbocycles. The molecule has 0 saturated carbocycles. The summed E-state index contributed by atoms with van der Waals surface area (Å²) in [7, 11) is 0. The SMILES string of the molecule is Cc1cc(CCOc2ccc(C(=O)NC3CN(CCC(C)C)CC3C(=O)NO)cc2)c2ccccc2n1. The third kappa shape index (κ3) is 6.84. The molecule has 3 N–H and O–H groups in total. The van der Waals surface area contributed by atoms with Crippen LogP contribution < -0.4 is 15.5 Å². The molecule has 1 fully saturated rings. The Morgan fingerprint density at radius 3 is 2.62 bits per heavy atom. The summed E-state index contributed by atoms with van der Waals surface area (Å²) in [6.45, 7) is 8.73. The van der Waals surface area contributed by atoms with Crippen LogP contribution in [0.3, 0.4) is 0 Å². The number of nitrogens with one attached hydrogen (secondary N) is 2. The average Bonchev–Trinajstić information content (AvgIpc) is 3.29. The fourth-order valence-electron chi connectivity index (χ4n) is 4.84. The molecule has 2 atom stereocenters. The van der Waals surface area contributed by atoms with Gasteiger partial charge in [-0.1, -0.05) is 32.0 Å². The number of carbonyl (C=O) groups is 2. The molecule has 1 saturated heterocycles. The van der Waals surface area contributed by atoms with Crippen molar-refractivity contribution in [3.05, 3.63) is 71.4 Å². The smallest absolute Gasteiger partial charge is 0.251 e. The molecular weight excluding hydrogens is 468 g/mol. The van der Waals surface area contributed by atoms with Crippen molar-refractivity contribution in [1.82, 2.24) is 20.7 Å². The van der Waals surface area contributed by atoms with Crippen LogP contribution in [0.15, 0.2) is 54.6 Å². The number of fused-ring (bicyclic) bond motifs is 1. The van der Waals surface area contributed by atoms with Gasteiger partial charge in [0.1, 0.15) is 5.75 Å². The molecule has 2 unspecified atom stereocenters. The zero-order chi connectivity index (χ0) is 26.4. The molecule has 0 bridgehead atoms. The van der Waals surface area contributed by atoms with Crippen molar-refractivity contribution in [2.75, 3.05) is 26.2 Å². The molecule has 4 rings (SSSR count). The highest BCUT2D eigenvalue weighted by Gasteiger charge is 2.38. The molecule has 37 heavy (non-hydrogen) atoms. The number of hydroxylamine groups is 1. The molecule has 196 valence electrons. The second-order valence-corrected chi connectivity index (χ2v) is 10.2. The number of carbonyl (C=O) groups excluding carboxylic acids is 2. The first kappa shape index (κ1) is 26.6. The molecule has 1 aliphatic rings. The molecule has 1 aromatic heterocycles. The molecule has 2 amide bonds. The van der Waals surface area contributed by atoms with Crippen molar-refractivity contribution < 1.29 is 19.5 Å². The van der Waals surface area contributed by atoms with E-state index in [4.69, 9.17) is 9.94 Å². The Bertz CT molecular complexity index is 1230. The van der Waals surface area contributed by atoms with Crippen molar-refractivity contribution in [2.24, 2.45) is 11.8 Å². The van der Waals surface area contributed by atoms with Crippen LogP contribution in [0.25, 0.3) is 10.9 Å². The highest BCUT2D eigenvalue weighted by Crippen LogP contribution is 2.21. The Labute approximate surface area is 218 Å². The Balaban J connectivity index is 1.33. The summed E-state index contributed by atoms with van der Waals surface area (Å²) < 4.78 is 5.95. The van der Waals surface area contributed by atoms with Crippen LogP contribution in [0, 0.1) is 18.8 Å². The van der Waals surface area contributed by atoms with E-state index in [0.717, 1.165) is 36.0 Å². The minimum absolute atomic E-state index is 0.253. The average molecular weight is 505 g/mol. The number of aromatic nitrogens is 1. The van der Waals surface area contributed by atoms with Gasteiger partial charge in [-0.3, -0.25) is 19.8 Å². The number of pyridine rings is 1. The lowest BCUT2D eigenvalue weighted by Gasteiger charge is -2.18. The summed E-state index contributed by atoms with van der Waals surface area (Å²) in [6, 6.07) is 16.8. The van der Waals surface area contributed by atoms with E-state index < -0.39 is 11.8 Å². The topological polar surface area (TPSA) is 104 Å². The molecule has 0 spiro atoms. The van der Waals surface area contributed by atoms with Crippen molar-refractivity contribution in [3.63, 3.8) is 0 Å². The lowest BCUT2D eigenvalue weighted by molar-refractivity contribution is -0.133. The van der Waals surface area contributed by atoms with Gasteiger partial charge in [0.25, 0.3) is 5.91 Å². The van der Waals surface area contributed by atoms with E-state index in [1.165, 1.54) is 5.56 Å². The number of hydrogen-bond acceptors (Lipinski definition) is 6. The highest BCUT2D eigenvalue weighted by molar-refractivity contribution is 5.95. The predicted molar refractivity (Wildman–Crippen MR) is 143 cm³/mol. The third-order valence-corrected chi connectivity index (χ3v) is 6.87. The number of aryl methyl sites for hydroxylation is 1. The Kier molecular flexibility index (Phi) is 8.74. The van der Waals surface area contributed by atoms with E-state index in [9.17, 15) is 9.59 Å². The maximum absolute atomic E-state index is 12.9. The number of rotatable bonds is 10. The second kappa shape index (κ2) is 12.2. The summed E-state index contributed by atoms with van der Waals surface area (Å²) >= 11 is 0. The molecule has 2 heterocycles. The number of likely N-dealkylation sites (tertiary alicyclic amines) is 1. The predicted octanol–water partition coefficient (Wildman–Crippen LogP) is 3.75. The Morgan fingerprint density at radius 2 is 1.89 bits per heavy atom. The van der Waals surface area contributed by atoms with Gasteiger partial charge < -0.3 is 15.0 Å². The van der Waals surface area contributed by atoms with E-state index in [2.05, 4.69) is 41.2 Å². The van der Waals surface area contributed by atoms with Crippen LogP contribution in [0.4, 0.5) is 0 Å². The van der Waals surface area contributed by atoms with E-state index in [-0.39, 0.29) is 11.9 Å². The highest BCUT2D eigenvalue weighted by atomic mass is 16.5. The fraction of sp³-hybridized carbons (Fsp3) is 0.414. The second-order valence-electron chi connectivity index (χ2n) is 10.2. The van der Waals surface area contributed by atoms with Gasteiger partial charge in [-0.05, 0) is 67.8 Å². The largest absolute Gasteiger partial charge is 0.493 e. The lowest BCUT2D eigenvalue weighted by Crippen LogP contribution is -2.45. The van der Waals surface area contributed by atoms with E-state index in [1.54, 1.807) is 29.7 Å². The minimum Gasteiger partial charge on any atom is -0.493 e. The van der Waals surface area contributed by atoms with Crippen molar-refractivity contribution >= 4 is 22.7 Å². The van der Waals surface area contributed by atoms with Crippen LogP contribution >= 0.6 is 0 Å². The van der Waals surface area contributed by atoms with Gasteiger partial charge in [0.05, 0.1) is 24.1 Å². The Hall–Kier alpha value is -3.49. The Morgan fingerprint density at radius 1 is 1.14 bits per heavy atom. The summed E-state index contributed by atoms with van der Waals surface area (Å²) in [5.74, 6) is 0.00386. The maximum atomic E-state index is 12.9. The number of ether oxygens (including phenoxy) is 1. The molecule has 8 heteroatoms. The van der Waals surface area contributed by atoms with Crippen LogP contribution in [0.2, 0.25) is 0 Å². The normalized spacial score (nSPS) is 17.8. The summed E-state index contributed by atoms with van der Waals surface area (Å²) in [5.41, 5.74) is 5.40. The number of benzene rings is 2. The number of nitrogens with zero attached hydrogens (tertiary/aromatic N) is 2. The lowest BCUT2D eigenvalue weighted by atomic mass is 10.0. The van der Waals surface area contributed by atoms with Crippen LogP contribution in [0.5, 0.6) is 5.75 Å². The summed E-state index contributed by atoms with van der Waals surface area (Å²) in [5, 5.41) is 13.3. The summed E-state index contributed by atoms with van der Waals surface area (Å²) in [6.07, 6.45) is 1.75. The van der Waals surface area contributed by atoms with Gasteiger partial charge in [-0.15, -0.1) is 0 Å². The fourth-order valence-corrected chi connectivity index (χ4v) is 4.84. The molecule has 1 aliphatic heterocycles. The molecular formula is C29H36N4O4. The number of amides is 2. The maximum Gasteiger partial charge on any atom is 0.251 e. The van der Waals surface area contributed by atoms with E-state index >= 15 is 0 Å². The van der Waals surface area contributed by atoms with Crippen molar-refractivity contribution in [2.45, 2.75) is 39.7 Å². The van der Waals surface area contributed by atoms with Crippen LogP contribution in [-0.2, 0) is 11.2 Å². The standard InChI is InChI=1S/C29H36N4O4/c1-19(2)12-14-33-17-25(29(35)32-36)27(18-33)31-28(34)21-8-10-23(11-9-21)37-15-13-22-16-20(3)30-26-7-5-4-6-24(22)26/h4-11,16,19,25,27,36H,12-15,17-18H2,1-3H3,(H,31,34)(H,32,35). The molecule has 8 nitrogen and oxygen atoms in total. The molecule has 2 aromatic carbocycles. The van der Waals surface area contributed by atoms with Crippen LogP contribution in [0.1, 0.15) is 41.9 Å². The first-order valence-corrected chi connectivity index (χ1v) is 12.9. The minimum atomic E-state index is -0.503. The van der Waals surface area contributed by atoms with E-state index in [0.29, 0.717) is 36.9 Å². The van der Waals surface area contributed by atoms with E-state index in [1.807, 2.05) is 25.1 Å². The zero-order valence-electron chi connectivity index (χ0n) is 21.7. The first-order chi connectivity index (χ1) is 17.8. The van der Waals surface area contributed by atoms with Gasteiger partial charge in [0.2, 0.25) is 5.91 Å². The zero-order valence-corrected chi connectivity index (χ0v) is 21.7. The summed E-state index contributed by atoms with van der Waals surface area (Å²) in [4.78, 5) is 31.9. The third-order valence-electron chi connectivity index (χ3n) is 6.87. The van der Waals surface area contributed by atoms with Gasteiger partial charge in [-0.25, -0.2) is 5.48 Å². The monoisotopic (exact) mass is 504 g/mol. The number of hydrogen-bond donors (Lipinski definition) is 3. The van der Waals surface area contributed by atoms with Gasteiger partial charge in [-0.2, -0.15) is 0 Å². The van der Waals surface area contributed by atoms with Gasteiger partial charge >= 0.3 is 0 Å². The van der Waals surface area contributed by atoms with Gasteiger partial charge in [0.15, 0.2) is 0 Å². The molecule has 0 radical (unpaired) electrons. The number of para-hydroxylation sites is 1.